The monoisotopic (exact) mass is 511 g/mol. The van der Waals surface area contributed by atoms with E-state index in [0.717, 1.165) is 36.6 Å². The summed E-state index contributed by atoms with van der Waals surface area (Å²) >= 11 is 0. The van der Waals surface area contributed by atoms with E-state index in [2.05, 4.69) is 20.1 Å². The third-order valence-electron chi connectivity index (χ3n) is 7.26. The first-order chi connectivity index (χ1) is 18.7. The lowest BCUT2D eigenvalue weighted by Gasteiger charge is -2.39. The molecule has 2 aliphatic heterocycles. The van der Waals surface area contributed by atoms with E-state index >= 15 is 0 Å². The highest BCUT2D eigenvalue weighted by atomic mass is 16.3. The molecule has 2 amide bonds. The third kappa shape index (κ3) is 4.77. The summed E-state index contributed by atoms with van der Waals surface area (Å²) in [4.78, 5) is 36.2. The van der Waals surface area contributed by atoms with Crippen molar-refractivity contribution in [2.75, 3.05) is 44.2 Å². The largest absolute Gasteiger partial charge is 0.459 e. The molecule has 1 atom stereocenters. The van der Waals surface area contributed by atoms with Crippen LogP contribution in [0.15, 0.2) is 77.7 Å². The van der Waals surface area contributed by atoms with Crippen LogP contribution in [0, 0.1) is 5.92 Å². The molecule has 2 saturated heterocycles. The van der Waals surface area contributed by atoms with Gasteiger partial charge in [-0.1, -0.05) is 30.3 Å². The molecule has 10 heteroatoms. The lowest BCUT2D eigenvalue weighted by Crippen LogP contribution is -2.53. The normalized spacial score (nSPS) is 18.0. The van der Waals surface area contributed by atoms with Crippen LogP contribution in [0.1, 0.15) is 23.4 Å². The molecule has 0 bridgehead atoms. The van der Waals surface area contributed by atoms with Crippen LogP contribution in [0.4, 0.5) is 5.82 Å². The fraction of sp³-hybridized carbons (Fsp3) is 0.321. The summed E-state index contributed by atoms with van der Waals surface area (Å²) in [5.41, 5.74) is 1.01. The van der Waals surface area contributed by atoms with Crippen LogP contribution in [0.3, 0.4) is 0 Å². The van der Waals surface area contributed by atoms with E-state index in [-0.39, 0.29) is 17.7 Å². The molecule has 5 heterocycles. The molecule has 6 rings (SSSR count). The van der Waals surface area contributed by atoms with Gasteiger partial charge in [0.25, 0.3) is 5.91 Å². The fourth-order valence-electron chi connectivity index (χ4n) is 5.24. The predicted octanol–water partition coefficient (Wildman–Crippen LogP) is 3.12. The highest BCUT2D eigenvalue weighted by Gasteiger charge is 2.33. The van der Waals surface area contributed by atoms with Crippen molar-refractivity contribution >= 4 is 17.6 Å². The van der Waals surface area contributed by atoms with Gasteiger partial charge in [-0.2, -0.15) is 0 Å². The summed E-state index contributed by atoms with van der Waals surface area (Å²) in [6.45, 7) is 3.53. The molecule has 0 saturated carbocycles. The number of furan rings is 1. The summed E-state index contributed by atoms with van der Waals surface area (Å²) in [6.07, 6.45) is 6.90. The number of aromatic nitrogens is 4. The van der Waals surface area contributed by atoms with Crippen LogP contribution in [-0.4, -0.2) is 80.6 Å². The van der Waals surface area contributed by atoms with Crippen molar-refractivity contribution in [2.45, 2.75) is 12.8 Å². The van der Waals surface area contributed by atoms with Crippen LogP contribution < -0.4 is 4.90 Å². The van der Waals surface area contributed by atoms with Gasteiger partial charge in [0.05, 0.1) is 12.2 Å². The van der Waals surface area contributed by atoms with E-state index in [1.165, 1.54) is 6.26 Å². The highest BCUT2D eigenvalue weighted by molar-refractivity contribution is 5.91. The van der Waals surface area contributed by atoms with Gasteiger partial charge < -0.3 is 19.1 Å². The molecule has 38 heavy (non-hydrogen) atoms. The van der Waals surface area contributed by atoms with Gasteiger partial charge in [-0.05, 0) is 37.1 Å². The van der Waals surface area contributed by atoms with Crippen molar-refractivity contribution in [3.63, 3.8) is 0 Å². The van der Waals surface area contributed by atoms with Crippen molar-refractivity contribution in [3.05, 3.63) is 79.0 Å². The van der Waals surface area contributed by atoms with E-state index in [1.807, 2.05) is 58.1 Å². The standard InChI is InChI=1S/C28H29N7O3/c36-27(32-15-17-33(18-16-32)28(37)23-9-5-19-38-23)22-8-4-13-34(20-22)24-10-11-25(31-30-24)35-14-12-29-26(35)21-6-2-1-3-7-21/h1-3,5-7,9-12,14,19,22H,4,8,13,15-18,20H2. The summed E-state index contributed by atoms with van der Waals surface area (Å²) in [7, 11) is 0. The van der Waals surface area contributed by atoms with Crippen molar-refractivity contribution in [3.8, 4) is 17.2 Å². The summed E-state index contributed by atoms with van der Waals surface area (Å²) in [5, 5.41) is 8.98. The predicted molar refractivity (Wildman–Crippen MR) is 141 cm³/mol. The Balaban J connectivity index is 1.08. The smallest absolute Gasteiger partial charge is 0.289 e. The highest BCUT2D eigenvalue weighted by Crippen LogP contribution is 2.25. The van der Waals surface area contributed by atoms with E-state index in [0.29, 0.717) is 44.3 Å². The number of piperazine rings is 1. The van der Waals surface area contributed by atoms with Gasteiger partial charge in [-0.25, -0.2) is 4.98 Å². The van der Waals surface area contributed by atoms with Crippen molar-refractivity contribution in [1.82, 2.24) is 29.5 Å². The number of carbonyl (C=O) groups is 2. The second-order valence-electron chi connectivity index (χ2n) is 9.62. The Bertz CT molecular complexity index is 1380. The first kappa shape index (κ1) is 23.9. The number of carbonyl (C=O) groups excluding carboxylic acids is 2. The Labute approximate surface area is 220 Å². The quantitative estimate of drug-likeness (QED) is 0.406. The number of benzene rings is 1. The minimum atomic E-state index is -0.125. The number of hydrogen-bond donors (Lipinski definition) is 0. The maximum absolute atomic E-state index is 13.3. The number of piperidine rings is 1. The van der Waals surface area contributed by atoms with Crippen LogP contribution in [-0.2, 0) is 4.79 Å². The van der Waals surface area contributed by atoms with Gasteiger partial charge in [0.1, 0.15) is 5.82 Å². The molecule has 2 fully saturated rings. The molecule has 1 unspecified atom stereocenters. The summed E-state index contributed by atoms with van der Waals surface area (Å²) in [6, 6.07) is 17.3. The van der Waals surface area contributed by atoms with E-state index in [1.54, 1.807) is 23.2 Å². The van der Waals surface area contributed by atoms with E-state index < -0.39 is 0 Å². The summed E-state index contributed by atoms with van der Waals surface area (Å²) in [5.74, 6) is 2.52. The van der Waals surface area contributed by atoms with Gasteiger partial charge in [0.15, 0.2) is 17.4 Å². The van der Waals surface area contributed by atoms with E-state index in [9.17, 15) is 9.59 Å². The number of anilines is 1. The molecule has 0 aliphatic carbocycles. The molecule has 10 nitrogen and oxygen atoms in total. The molecule has 0 spiro atoms. The minimum Gasteiger partial charge on any atom is -0.459 e. The molecule has 1 aromatic carbocycles. The van der Waals surface area contributed by atoms with Crippen LogP contribution in [0.2, 0.25) is 0 Å². The Morgan fingerprint density at radius 1 is 0.842 bits per heavy atom. The molecule has 194 valence electrons. The molecule has 0 N–H and O–H groups in total. The van der Waals surface area contributed by atoms with Gasteiger partial charge in [0.2, 0.25) is 5.91 Å². The molecule has 0 radical (unpaired) electrons. The second-order valence-corrected chi connectivity index (χ2v) is 9.62. The van der Waals surface area contributed by atoms with Gasteiger partial charge in [-0.15, -0.1) is 10.2 Å². The number of rotatable bonds is 5. The van der Waals surface area contributed by atoms with Crippen molar-refractivity contribution in [1.29, 1.82) is 0 Å². The lowest BCUT2D eigenvalue weighted by atomic mass is 9.96. The zero-order valence-corrected chi connectivity index (χ0v) is 21.0. The maximum atomic E-state index is 13.3. The SMILES string of the molecule is O=C(c1ccco1)N1CCN(C(=O)C2CCCN(c3ccc(-n4ccnc4-c4ccccc4)nn3)C2)CC1. The van der Waals surface area contributed by atoms with Gasteiger partial charge in [0, 0.05) is 57.2 Å². The molecule has 4 aromatic rings. The first-order valence-electron chi connectivity index (χ1n) is 13.0. The Hall–Kier alpha value is -4.47. The molecular formula is C28H29N7O3. The zero-order valence-electron chi connectivity index (χ0n) is 21.0. The zero-order chi connectivity index (χ0) is 25.9. The fourth-order valence-corrected chi connectivity index (χ4v) is 5.24. The van der Waals surface area contributed by atoms with Crippen LogP contribution in [0.5, 0.6) is 0 Å². The second kappa shape index (κ2) is 10.5. The average Bonchev–Trinajstić information content (AvgIpc) is 3.70. The Morgan fingerprint density at radius 3 is 2.34 bits per heavy atom. The Morgan fingerprint density at radius 2 is 1.61 bits per heavy atom. The molecule has 3 aromatic heterocycles. The molecular weight excluding hydrogens is 482 g/mol. The number of amides is 2. The molecule has 2 aliphatic rings. The minimum absolute atomic E-state index is 0.101. The number of hydrogen-bond acceptors (Lipinski definition) is 7. The third-order valence-corrected chi connectivity index (χ3v) is 7.26. The van der Waals surface area contributed by atoms with Crippen LogP contribution in [0.25, 0.3) is 17.2 Å². The van der Waals surface area contributed by atoms with Crippen molar-refractivity contribution < 1.29 is 14.0 Å². The lowest BCUT2D eigenvalue weighted by molar-refractivity contribution is -0.137. The Kier molecular flexibility index (Phi) is 6.60. The summed E-state index contributed by atoms with van der Waals surface area (Å²) < 4.78 is 7.15. The van der Waals surface area contributed by atoms with Crippen molar-refractivity contribution in [2.24, 2.45) is 5.92 Å². The van der Waals surface area contributed by atoms with E-state index in [4.69, 9.17) is 4.42 Å². The first-order valence-corrected chi connectivity index (χ1v) is 13.0. The topological polar surface area (TPSA) is 101 Å². The van der Waals surface area contributed by atoms with Gasteiger partial charge >= 0.3 is 0 Å². The van der Waals surface area contributed by atoms with Crippen LogP contribution >= 0.6 is 0 Å². The number of nitrogens with zero attached hydrogens (tertiary/aromatic N) is 7. The number of imidazole rings is 1. The average molecular weight is 512 g/mol. The maximum Gasteiger partial charge on any atom is 0.289 e. The van der Waals surface area contributed by atoms with Gasteiger partial charge in [-0.3, -0.25) is 14.2 Å².